The van der Waals surface area contributed by atoms with E-state index in [2.05, 4.69) is 5.32 Å². The Kier molecular flexibility index (Phi) is 5.74. The summed E-state index contributed by atoms with van der Waals surface area (Å²) >= 11 is 0. The van der Waals surface area contributed by atoms with Crippen molar-refractivity contribution in [2.45, 2.75) is 18.9 Å². The predicted octanol–water partition coefficient (Wildman–Crippen LogP) is -0.0261. The third-order valence-electron chi connectivity index (χ3n) is 1.66. The summed E-state index contributed by atoms with van der Waals surface area (Å²) in [4.78, 5) is 10.6. The Bertz CT molecular complexity index is 224. The fourth-order valence-electron chi connectivity index (χ4n) is 0.759. The first-order chi connectivity index (χ1) is 6.50. The van der Waals surface area contributed by atoms with Crippen LogP contribution in [0.15, 0.2) is 12.2 Å². The minimum absolute atomic E-state index is 0.534. The van der Waals surface area contributed by atoms with Gasteiger partial charge >= 0.3 is 5.97 Å². The van der Waals surface area contributed by atoms with E-state index in [-0.39, 0.29) is 0 Å². The summed E-state index contributed by atoms with van der Waals surface area (Å²) in [5.41, 5.74) is 4.17. The lowest BCUT2D eigenvalue weighted by Gasteiger charge is -2.13. The van der Waals surface area contributed by atoms with Gasteiger partial charge in [-0.1, -0.05) is 12.2 Å². The van der Waals surface area contributed by atoms with Crippen molar-refractivity contribution in [2.75, 3.05) is 13.1 Å². The van der Waals surface area contributed by atoms with E-state index in [0.29, 0.717) is 19.5 Å². The minimum atomic E-state index is -1.29. The van der Waals surface area contributed by atoms with Crippen LogP contribution < -0.4 is 11.1 Å². The van der Waals surface area contributed by atoms with Gasteiger partial charge in [-0.15, -0.1) is 0 Å². The second-order valence-electron chi connectivity index (χ2n) is 3.19. The highest BCUT2D eigenvalue weighted by Crippen LogP contribution is 2.01. The molecule has 0 saturated carbocycles. The number of hydrogen-bond donors (Lipinski definition) is 4. The summed E-state index contributed by atoms with van der Waals surface area (Å²) in [6, 6.07) is 0. The molecule has 0 rings (SSSR count). The summed E-state index contributed by atoms with van der Waals surface area (Å²) in [6.45, 7) is 2.69. The summed E-state index contributed by atoms with van der Waals surface area (Å²) < 4.78 is 0. The Balaban J connectivity index is 3.71. The van der Waals surface area contributed by atoms with E-state index in [4.69, 9.17) is 16.2 Å². The predicted molar refractivity (Wildman–Crippen MR) is 55.6 cm³/mol. The van der Waals surface area contributed by atoms with Crippen molar-refractivity contribution in [3.8, 4) is 0 Å². The fraction of sp³-hybridized carbons (Fsp3) is 0.556. The number of carboxylic acid groups (broad SMARTS) is 1. The van der Waals surface area contributed by atoms with Crippen molar-refractivity contribution in [1.29, 1.82) is 5.41 Å². The van der Waals surface area contributed by atoms with Gasteiger partial charge in [-0.3, -0.25) is 0 Å². The van der Waals surface area contributed by atoms with Crippen LogP contribution in [0.2, 0.25) is 0 Å². The van der Waals surface area contributed by atoms with Gasteiger partial charge in [0.15, 0.2) is 0 Å². The molecule has 0 spiro atoms. The van der Waals surface area contributed by atoms with E-state index in [1.165, 1.54) is 19.2 Å². The van der Waals surface area contributed by atoms with E-state index < -0.39 is 11.5 Å². The van der Waals surface area contributed by atoms with Crippen LogP contribution in [0.4, 0.5) is 0 Å². The first kappa shape index (κ1) is 12.8. The molecule has 5 heteroatoms. The third-order valence-corrected chi connectivity index (χ3v) is 1.66. The molecule has 0 amide bonds. The van der Waals surface area contributed by atoms with Crippen LogP contribution in [0, 0.1) is 5.41 Å². The molecule has 0 unspecified atom stereocenters. The maximum absolute atomic E-state index is 10.6. The SMILES string of the molecule is C[C@@](N)(/C=C\CCNCC=N)C(=O)O. The number of rotatable bonds is 7. The smallest absolute Gasteiger partial charge is 0.327 e. The zero-order valence-corrected chi connectivity index (χ0v) is 8.29. The molecule has 0 aromatic carbocycles. The lowest BCUT2D eigenvalue weighted by Crippen LogP contribution is -2.42. The van der Waals surface area contributed by atoms with Crippen LogP contribution in [0.5, 0.6) is 0 Å². The van der Waals surface area contributed by atoms with Crippen LogP contribution in [-0.4, -0.2) is 35.9 Å². The Morgan fingerprint density at radius 3 is 2.86 bits per heavy atom. The molecular weight excluding hydrogens is 182 g/mol. The molecule has 0 bridgehead atoms. The zero-order chi connectivity index (χ0) is 11.0. The monoisotopic (exact) mass is 199 g/mol. The molecule has 0 radical (unpaired) electrons. The quantitative estimate of drug-likeness (QED) is 0.263. The second-order valence-corrected chi connectivity index (χ2v) is 3.19. The molecule has 0 aliphatic rings. The van der Waals surface area contributed by atoms with Gasteiger partial charge in [0.2, 0.25) is 0 Å². The molecule has 0 saturated heterocycles. The van der Waals surface area contributed by atoms with Gasteiger partial charge in [0.05, 0.1) is 0 Å². The summed E-state index contributed by atoms with van der Waals surface area (Å²) in [5, 5.41) is 18.4. The van der Waals surface area contributed by atoms with E-state index in [1.54, 1.807) is 6.08 Å². The van der Waals surface area contributed by atoms with E-state index in [9.17, 15) is 4.79 Å². The van der Waals surface area contributed by atoms with Crippen molar-refractivity contribution >= 4 is 12.2 Å². The molecule has 0 heterocycles. The van der Waals surface area contributed by atoms with E-state index in [0.717, 1.165) is 0 Å². The van der Waals surface area contributed by atoms with Gasteiger partial charge in [-0.05, 0) is 19.9 Å². The lowest BCUT2D eigenvalue weighted by atomic mass is 10.0. The van der Waals surface area contributed by atoms with Crippen LogP contribution in [-0.2, 0) is 4.79 Å². The molecule has 14 heavy (non-hydrogen) atoms. The van der Waals surface area contributed by atoms with Crippen LogP contribution in [0.3, 0.4) is 0 Å². The lowest BCUT2D eigenvalue weighted by molar-refractivity contribution is -0.140. The fourth-order valence-corrected chi connectivity index (χ4v) is 0.759. The molecule has 0 aliphatic heterocycles. The van der Waals surface area contributed by atoms with Crippen molar-refractivity contribution in [3.05, 3.63) is 12.2 Å². The van der Waals surface area contributed by atoms with Gasteiger partial charge in [0.1, 0.15) is 5.54 Å². The van der Waals surface area contributed by atoms with E-state index in [1.807, 2.05) is 0 Å². The average molecular weight is 199 g/mol. The van der Waals surface area contributed by atoms with E-state index >= 15 is 0 Å². The molecule has 80 valence electrons. The number of aliphatic carboxylic acids is 1. The maximum Gasteiger partial charge on any atom is 0.327 e. The average Bonchev–Trinajstić information content (AvgIpc) is 2.10. The molecule has 5 nitrogen and oxygen atoms in total. The second kappa shape index (κ2) is 6.28. The first-order valence-electron chi connectivity index (χ1n) is 4.40. The number of nitrogens with two attached hydrogens (primary N) is 1. The van der Waals surface area contributed by atoms with Crippen LogP contribution >= 0.6 is 0 Å². The highest BCUT2D eigenvalue weighted by atomic mass is 16.4. The Morgan fingerprint density at radius 1 is 1.71 bits per heavy atom. The molecule has 0 aliphatic carbocycles. The zero-order valence-electron chi connectivity index (χ0n) is 8.29. The van der Waals surface area contributed by atoms with Gasteiger partial charge in [0.25, 0.3) is 0 Å². The highest BCUT2D eigenvalue weighted by molar-refractivity contribution is 5.80. The Morgan fingerprint density at radius 2 is 2.36 bits per heavy atom. The Hall–Kier alpha value is -1.20. The standard InChI is InChI=1S/C9H17N3O2/c1-9(11,8(13)14)4-2-3-6-12-7-5-10/h2,4-5,10,12H,3,6-7,11H2,1H3,(H,13,14)/b4-2-,10-5?/t9-/m1/s1. The molecule has 0 aromatic rings. The van der Waals surface area contributed by atoms with Gasteiger partial charge in [-0.25, -0.2) is 4.79 Å². The molecule has 0 fully saturated rings. The topological polar surface area (TPSA) is 99.2 Å². The van der Waals surface area contributed by atoms with Crippen molar-refractivity contribution in [2.24, 2.45) is 5.73 Å². The first-order valence-corrected chi connectivity index (χ1v) is 4.40. The van der Waals surface area contributed by atoms with Crippen LogP contribution in [0.1, 0.15) is 13.3 Å². The number of hydrogen-bond acceptors (Lipinski definition) is 4. The van der Waals surface area contributed by atoms with Crippen molar-refractivity contribution in [3.63, 3.8) is 0 Å². The van der Waals surface area contributed by atoms with Crippen molar-refractivity contribution in [1.82, 2.24) is 5.32 Å². The highest BCUT2D eigenvalue weighted by Gasteiger charge is 2.23. The van der Waals surface area contributed by atoms with Gasteiger partial charge in [-0.2, -0.15) is 0 Å². The molecule has 0 aromatic heterocycles. The molecular formula is C9H17N3O2. The summed E-state index contributed by atoms with van der Waals surface area (Å²) in [5.74, 6) is -1.04. The van der Waals surface area contributed by atoms with Gasteiger partial charge < -0.3 is 21.6 Å². The summed E-state index contributed by atoms with van der Waals surface area (Å²) in [7, 11) is 0. The molecule has 5 N–H and O–H groups in total. The van der Waals surface area contributed by atoms with Crippen LogP contribution in [0.25, 0.3) is 0 Å². The molecule has 1 atom stereocenters. The summed E-state index contributed by atoms with van der Waals surface area (Å²) in [6.07, 6.45) is 5.18. The third kappa shape index (κ3) is 5.45. The minimum Gasteiger partial charge on any atom is -0.480 e. The number of nitrogens with one attached hydrogen (secondary N) is 2. The number of carboxylic acids is 1. The number of carbonyl (C=O) groups is 1. The van der Waals surface area contributed by atoms with Gasteiger partial charge in [0, 0.05) is 12.8 Å². The van der Waals surface area contributed by atoms with Crippen molar-refractivity contribution < 1.29 is 9.90 Å². The largest absolute Gasteiger partial charge is 0.480 e. The Labute approximate surface area is 83.5 Å². The maximum atomic E-state index is 10.6. The normalized spacial score (nSPS) is 15.3.